The van der Waals surface area contributed by atoms with E-state index >= 15 is 0 Å². The predicted octanol–water partition coefficient (Wildman–Crippen LogP) is 4.00. The van der Waals surface area contributed by atoms with Gasteiger partial charge in [0.15, 0.2) is 5.13 Å². The number of piperidine rings is 1. The van der Waals surface area contributed by atoms with Crippen LogP contribution in [0.4, 0.5) is 5.13 Å². The van der Waals surface area contributed by atoms with Gasteiger partial charge in [0.05, 0.1) is 19.1 Å². The van der Waals surface area contributed by atoms with Crippen LogP contribution < -0.4 is 14.4 Å². The fraction of sp³-hybridized carbons (Fsp3) is 0.550. The Hall–Kier alpha value is -1.79. The van der Waals surface area contributed by atoms with Gasteiger partial charge in [0.2, 0.25) is 0 Å². The van der Waals surface area contributed by atoms with Crippen molar-refractivity contribution < 1.29 is 9.47 Å². The Morgan fingerprint density at radius 3 is 2.81 bits per heavy atom. The molecule has 2 unspecified atom stereocenters. The van der Waals surface area contributed by atoms with Crippen molar-refractivity contribution in [2.24, 2.45) is 5.92 Å². The maximum absolute atomic E-state index is 5.53. The topological polar surface area (TPSA) is 37.8 Å². The third kappa shape index (κ3) is 3.81. The minimum absolute atomic E-state index is 0. The lowest BCUT2D eigenvalue weighted by Gasteiger charge is -2.29. The van der Waals surface area contributed by atoms with Crippen LogP contribution in [0.5, 0.6) is 11.5 Å². The second kappa shape index (κ2) is 8.27. The maximum Gasteiger partial charge on any atom is 0.185 e. The van der Waals surface area contributed by atoms with Crippen LogP contribution in [0.25, 0.3) is 10.4 Å². The standard InChI is InChI=1S/C19H25N3O2S.CH4/c1-23-15-5-6-17(24-2)16(10-15)18-11-20-19(25-18)22-9-8-21-7-3-4-14(12-21)13-22;/h5-6,10-11,14H,3-4,7-9,12-13H2,1-2H3;1H4. The third-order valence-corrected chi connectivity index (χ3v) is 6.30. The van der Waals surface area contributed by atoms with E-state index in [1.165, 1.54) is 25.9 Å². The number of thiazole rings is 1. The molecule has 2 saturated heterocycles. The number of benzene rings is 1. The van der Waals surface area contributed by atoms with E-state index in [0.717, 1.165) is 52.6 Å². The van der Waals surface area contributed by atoms with Crippen molar-refractivity contribution in [2.45, 2.75) is 20.3 Å². The highest BCUT2D eigenvalue weighted by molar-refractivity contribution is 7.19. The highest BCUT2D eigenvalue weighted by atomic mass is 32.1. The molecule has 2 aromatic rings. The fourth-order valence-electron chi connectivity index (χ4n) is 3.88. The molecular weight excluding hydrogens is 346 g/mol. The van der Waals surface area contributed by atoms with Crippen molar-refractivity contribution in [1.82, 2.24) is 9.88 Å². The molecule has 0 aliphatic carbocycles. The van der Waals surface area contributed by atoms with Gasteiger partial charge in [-0.1, -0.05) is 18.8 Å². The molecule has 4 rings (SSSR count). The Labute approximate surface area is 160 Å². The predicted molar refractivity (Wildman–Crippen MR) is 109 cm³/mol. The summed E-state index contributed by atoms with van der Waals surface area (Å²) in [6, 6.07) is 5.90. The molecule has 1 aromatic carbocycles. The average Bonchev–Trinajstić information content (AvgIpc) is 3.09. The molecule has 2 bridgehead atoms. The van der Waals surface area contributed by atoms with Crippen LogP contribution in [0.15, 0.2) is 24.4 Å². The first-order valence-electron chi connectivity index (χ1n) is 8.92. The first-order chi connectivity index (χ1) is 12.3. The number of ether oxygens (including phenoxy) is 2. The summed E-state index contributed by atoms with van der Waals surface area (Å²) in [6.07, 6.45) is 4.65. The van der Waals surface area contributed by atoms with E-state index in [1.54, 1.807) is 25.6 Å². The Balaban J connectivity index is 0.00000196. The third-order valence-electron chi connectivity index (χ3n) is 5.20. The molecule has 3 heterocycles. The summed E-state index contributed by atoms with van der Waals surface area (Å²) in [5.74, 6) is 2.46. The monoisotopic (exact) mass is 375 g/mol. The van der Waals surface area contributed by atoms with Crippen molar-refractivity contribution >= 4 is 16.5 Å². The van der Waals surface area contributed by atoms with Gasteiger partial charge in [-0.05, 0) is 43.5 Å². The van der Waals surface area contributed by atoms with Crippen LogP contribution in [0.1, 0.15) is 20.3 Å². The smallest absolute Gasteiger partial charge is 0.185 e. The average molecular weight is 376 g/mol. The van der Waals surface area contributed by atoms with Crippen molar-refractivity contribution in [3.8, 4) is 21.9 Å². The highest BCUT2D eigenvalue weighted by Crippen LogP contribution is 2.39. The molecule has 0 spiro atoms. The number of anilines is 1. The molecule has 2 atom stereocenters. The Kier molecular flexibility index (Phi) is 6.04. The second-order valence-electron chi connectivity index (χ2n) is 6.83. The first kappa shape index (κ1) is 19.0. The van der Waals surface area contributed by atoms with Gasteiger partial charge in [-0.3, -0.25) is 0 Å². The van der Waals surface area contributed by atoms with Gasteiger partial charge >= 0.3 is 0 Å². The number of rotatable bonds is 4. The molecule has 0 saturated carbocycles. The zero-order valence-corrected chi connectivity index (χ0v) is 15.7. The molecule has 2 aliphatic heterocycles. The van der Waals surface area contributed by atoms with Gasteiger partial charge < -0.3 is 19.3 Å². The van der Waals surface area contributed by atoms with E-state index in [0.29, 0.717) is 0 Å². The van der Waals surface area contributed by atoms with E-state index in [9.17, 15) is 0 Å². The van der Waals surface area contributed by atoms with Gasteiger partial charge in [0, 0.05) is 37.9 Å². The Bertz CT molecular complexity index is 734. The minimum atomic E-state index is 0. The van der Waals surface area contributed by atoms with Gasteiger partial charge in [0.1, 0.15) is 11.5 Å². The summed E-state index contributed by atoms with van der Waals surface area (Å²) in [7, 11) is 3.39. The van der Waals surface area contributed by atoms with E-state index < -0.39 is 0 Å². The Morgan fingerprint density at radius 2 is 2.00 bits per heavy atom. The van der Waals surface area contributed by atoms with Crippen molar-refractivity contribution in [3.05, 3.63) is 24.4 Å². The zero-order valence-electron chi connectivity index (χ0n) is 14.9. The lowest BCUT2D eigenvalue weighted by atomic mass is 9.99. The van der Waals surface area contributed by atoms with Gasteiger partial charge in [-0.25, -0.2) is 4.98 Å². The first-order valence-corrected chi connectivity index (χ1v) is 9.74. The quantitative estimate of drug-likeness (QED) is 0.808. The maximum atomic E-state index is 5.53. The number of methoxy groups -OCH3 is 2. The van der Waals surface area contributed by atoms with Crippen LogP contribution >= 0.6 is 11.3 Å². The molecule has 142 valence electrons. The second-order valence-corrected chi connectivity index (χ2v) is 7.84. The van der Waals surface area contributed by atoms with Crippen LogP contribution in [0.2, 0.25) is 0 Å². The lowest BCUT2D eigenvalue weighted by molar-refractivity contribution is 0.201. The SMILES string of the molecule is C.COc1ccc(OC)c(-c2cnc(N3CCN4CCCC(C4)C3)s2)c1. The molecule has 1 aromatic heterocycles. The molecule has 0 amide bonds. The summed E-state index contributed by atoms with van der Waals surface area (Å²) in [5, 5.41) is 1.12. The molecule has 5 nitrogen and oxygen atoms in total. The molecule has 0 radical (unpaired) electrons. The molecule has 6 heteroatoms. The van der Waals surface area contributed by atoms with Crippen LogP contribution in [0, 0.1) is 5.92 Å². The fourth-order valence-corrected chi connectivity index (χ4v) is 4.86. The normalized spacial score (nSPS) is 22.3. The summed E-state index contributed by atoms with van der Waals surface area (Å²) >= 11 is 1.75. The van der Waals surface area contributed by atoms with Gasteiger partial charge in [-0.2, -0.15) is 0 Å². The summed E-state index contributed by atoms with van der Waals surface area (Å²) in [6.45, 7) is 5.85. The number of fused-ring (bicyclic) bond motifs is 2. The number of hydrogen-bond donors (Lipinski definition) is 0. The zero-order chi connectivity index (χ0) is 17.2. The summed E-state index contributed by atoms with van der Waals surface area (Å²) < 4.78 is 10.9. The van der Waals surface area contributed by atoms with E-state index in [2.05, 4.69) is 9.80 Å². The lowest BCUT2D eigenvalue weighted by Crippen LogP contribution is -2.35. The summed E-state index contributed by atoms with van der Waals surface area (Å²) in [4.78, 5) is 10.9. The van der Waals surface area contributed by atoms with E-state index in [4.69, 9.17) is 14.5 Å². The molecule has 2 fully saturated rings. The van der Waals surface area contributed by atoms with Crippen LogP contribution in [-0.2, 0) is 0 Å². The van der Waals surface area contributed by atoms with E-state index in [-0.39, 0.29) is 7.43 Å². The summed E-state index contributed by atoms with van der Waals surface area (Å²) in [5.41, 5.74) is 1.04. The highest BCUT2D eigenvalue weighted by Gasteiger charge is 2.27. The van der Waals surface area contributed by atoms with Crippen molar-refractivity contribution in [1.29, 1.82) is 0 Å². The van der Waals surface area contributed by atoms with Crippen molar-refractivity contribution in [2.75, 3.05) is 51.8 Å². The molecule has 0 N–H and O–H groups in total. The molecule has 2 aliphatic rings. The van der Waals surface area contributed by atoms with Crippen LogP contribution in [0.3, 0.4) is 0 Å². The number of aromatic nitrogens is 1. The molecular formula is C20H29N3O2S. The Morgan fingerprint density at radius 1 is 1.12 bits per heavy atom. The number of nitrogens with zero attached hydrogens (tertiary/aromatic N) is 3. The largest absolute Gasteiger partial charge is 0.497 e. The van der Waals surface area contributed by atoms with Crippen LogP contribution in [-0.4, -0.2) is 56.8 Å². The number of hydrogen-bond acceptors (Lipinski definition) is 6. The van der Waals surface area contributed by atoms with Gasteiger partial charge in [0.25, 0.3) is 0 Å². The molecule has 26 heavy (non-hydrogen) atoms. The minimum Gasteiger partial charge on any atom is -0.497 e. The van der Waals surface area contributed by atoms with E-state index in [1.807, 2.05) is 24.4 Å². The van der Waals surface area contributed by atoms with Crippen molar-refractivity contribution in [3.63, 3.8) is 0 Å². The van der Waals surface area contributed by atoms with Gasteiger partial charge in [-0.15, -0.1) is 0 Å².